The summed E-state index contributed by atoms with van der Waals surface area (Å²) in [6.07, 6.45) is 6.07. The highest BCUT2D eigenvalue weighted by molar-refractivity contribution is 5.96. The quantitative estimate of drug-likeness (QED) is 0.416. The van der Waals surface area contributed by atoms with E-state index in [0.29, 0.717) is 11.3 Å². The minimum atomic E-state index is -1.35. The first-order valence-electron chi connectivity index (χ1n) is 8.71. The van der Waals surface area contributed by atoms with Crippen molar-refractivity contribution in [3.05, 3.63) is 65.1 Å². The Morgan fingerprint density at radius 1 is 1.17 bits per heavy atom. The molecule has 0 bridgehead atoms. The lowest BCUT2D eigenvalue weighted by Crippen LogP contribution is -2.40. The SMILES string of the molecule is CC(=O)N[C@@H](C)C(=O)Nc1ccc(-c2ncc(C(=O)O)c(=O)[nH]2)cc1.c1c[nH]cn1. The zero-order valence-corrected chi connectivity index (χ0v) is 16.2. The third-order valence-corrected chi connectivity index (χ3v) is 3.67. The van der Waals surface area contributed by atoms with E-state index in [4.69, 9.17) is 5.11 Å². The molecule has 0 aliphatic heterocycles. The molecule has 11 heteroatoms. The Labute approximate surface area is 170 Å². The molecular formula is C19H20N6O5. The molecule has 0 saturated carbocycles. The van der Waals surface area contributed by atoms with E-state index in [-0.39, 0.29) is 17.6 Å². The normalized spacial score (nSPS) is 10.9. The van der Waals surface area contributed by atoms with E-state index < -0.39 is 23.1 Å². The minimum absolute atomic E-state index is 0.208. The van der Waals surface area contributed by atoms with Crippen LogP contribution in [0.15, 0.2) is 54.0 Å². The molecule has 0 spiro atoms. The first kappa shape index (κ1) is 22.0. The number of hydrogen-bond donors (Lipinski definition) is 5. The summed E-state index contributed by atoms with van der Waals surface area (Å²) in [4.78, 5) is 58.0. The number of hydrogen-bond acceptors (Lipinski definition) is 6. The van der Waals surface area contributed by atoms with Crippen molar-refractivity contribution >= 4 is 23.5 Å². The molecule has 0 aliphatic rings. The number of anilines is 1. The van der Waals surface area contributed by atoms with Crippen molar-refractivity contribution in [1.29, 1.82) is 0 Å². The Bertz CT molecular complexity index is 1040. The standard InChI is InChI=1S/C16H16N4O5.C3H4N2/c1-8(18-9(2)21)14(22)19-11-5-3-10(4-6-11)13-17-7-12(16(24)25)15(23)20-13;1-2-5-3-4-1/h3-8H,1-2H3,(H,18,21)(H,19,22)(H,24,25)(H,17,20,23);1-3H,(H,4,5)/t8-;/m0./s1. The van der Waals surface area contributed by atoms with Crippen molar-refractivity contribution in [2.75, 3.05) is 5.32 Å². The molecule has 0 saturated heterocycles. The van der Waals surface area contributed by atoms with Crippen LogP contribution in [0.25, 0.3) is 11.4 Å². The summed E-state index contributed by atoms with van der Waals surface area (Å²) in [6, 6.07) is 5.73. The Hall–Kier alpha value is -4.28. The summed E-state index contributed by atoms with van der Waals surface area (Å²) in [6.45, 7) is 2.88. The predicted molar refractivity (Wildman–Crippen MR) is 108 cm³/mol. The zero-order valence-electron chi connectivity index (χ0n) is 16.2. The molecule has 3 aromatic rings. The Balaban J connectivity index is 0.000000558. The third-order valence-electron chi connectivity index (χ3n) is 3.67. The highest BCUT2D eigenvalue weighted by Crippen LogP contribution is 2.17. The van der Waals surface area contributed by atoms with Crippen LogP contribution in [0.1, 0.15) is 24.2 Å². The van der Waals surface area contributed by atoms with Gasteiger partial charge in [-0.1, -0.05) is 0 Å². The topological polar surface area (TPSA) is 170 Å². The summed E-state index contributed by atoms with van der Waals surface area (Å²) >= 11 is 0. The Morgan fingerprint density at radius 2 is 1.87 bits per heavy atom. The number of aromatic amines is 2. The van der Waals surface area contributed by atoms with Crippen LogP contribution in [0, 0.1) is 0 Å². The second-order valence-corrected chi connectivity index (χ2v) is 6.03. The number of H-pyrrole nitrogens is 2. The lowest BCUT2D eigenvalue weighted by Gasteiger charge is -2.13. The smallest absolute Gasteiger partial charge is 0.342 e. The first-order valence-corrected chi connectivity index (χ1v) is 8.71. The number of carbonyl (C=O) groups excluding carboxylic acids is 2. The molecule has 2 amide bonds. The van der Waals surface area contributed by atoms with Crippen LogP contribution in [-0.4, -0.2) is 48.9 Å². The maximum absolute atomic E-state index is 11.9. The lowest BCUT2D eigenvalue weighted by molar-refractivity contribution is -0.124. The van der Waals surface area contributed by atoms with Gasteiger partial charge in [-0.25, -0.2) is 14.8 Å². The third kappa shape index (κ3) is 6.41. The van der Waals surface area contributed by atoms with Crippen LogP contribution in [0.3, 0.4) is 0 Å². The van der Waals surface area contributed by atoms with E-state index in [1.54, 1.807) is 49.9 Å². The van der Waals surface area contributed by atoms with Gasteiger partial charge >= 0.3 is 5.97 Å². The Morgan fingerprint density at radius 3 is 2.33 bits per heavy atom. The molecule has 1 aromatic carbocycles. The van der Waals surface area contributed by atoms with E-state index in [1.807, 2.05) is 0 Å². The molecule has 5 N–H and O–H groups in total. The fourth-order valence-corrected chi connectivity index (χ4v) is 2.24. The molecule has 30 heavy (non-hydrogen) atoms. The second kappa shape index (κ2) is 10.3. The van der Waals surface area contributed by atoms with E-state index in [0.717, 1.165) is 6.20 Å². The average Bonchev–Trinajstić information content (AvgIpc) is 3.27. The van der Waals surface area contributed by atoms with Crippen molar-refractivity contribution in [3.63, 3.8) is 0 Å². The Kier molecular flexibility index (Phi) is 7.57. The van der Waals surface area contributed by atoms with Crippen molar-refractivity contribution in [3.8, 4) is 11.4 Å². The molecule has 0 unspecified atom stereocenters. The van der Waals surface area contributed by atoms with Gasteiger partial charge in [0.25, 0.3) is 5.56 Å². The number of benzene rings is 1. The fourth-order valence-electron chi connectivity index (χ4n) is 2.24. The summed E-state index contributed by atoms with van der Waals surface area (Å²) in [7, 11) is 0. The van der Waals surface area contributed by atoms with Crippen LogP contribution in [-0.2, 0) is 9.59 Å². The first-order chi connectivity index (χ1) is 14.3. The van der Waals surface area contributed by atoms with Crippen LogP contribution in [0.4, 0.5) is 5.69 Å². The highest BCUT2D eigenvalue weighted by atomic mass is 16.4. The fraction of sp³-hybridized carbons (Fsp3) is 0.158. The van der Waals surface area contributed by atoms with Gasteiger partial charge in [-0.15, -0.1) is 0 Å². The van der Waals surface area contributed by atoms with Gasteiger partial charge in [-0.3, -0.25) is 14.4 Å². The minimum Gasteiger partial charge on any atom is -0.477 e. The number of carboxylic acids is 1. The van der Waals surface area contributed by atoms with E-state index in [9.17, 15) is 19.2 Å². The van der Waals surface area contributed by atoms with Crippen molar-refractivity contribution < 1.29 is 19.5 Å². The van der Waals surface area contributed by atoms with E-state index in [1.165, 1.54) is 6.92 Å². The van der Waals surface area contributed by atoms with Crippen molar-refractivity contribution in [2.24, 2.45) is 0 Å². The van der Waals surface area contributed by atoms with Crippen LogP contribution < -0.4 is 16.2 Å². The molecule has 3 rings (SSSR count). The lowest BCUT2D eigenvalue weighted by atomic mass is 10.2. The molecule has 156 valence electrons. The summed E-state index contributed by atoms with van der Waals surface area (Å²) in [5, 5.41) is 13.9. The van der Waals surface area contributed by atoms with Crippen LogP contribution in [0.2, 0.25) is 0 Å². The number of nitrogens with one attached hydrogen (secondary N) is 4. The summed E-state index contributed by atoms with van der Waals surface area (Å²) in [5.74, 6) is -1.83. The van der Waals surface area contributed by atoms with Gasteiger partial charge in [0.1, 0.15) is 17.4 Å². The number of aromatic nitrogens is 4. The molecule has 0 aliphatic carbocycles. The second-order valence-electron chi connectivity index (χ2n) is 6.03. The van der Waals surface area contributed by atoms with Gasteiger partial charge in [0.05, 0.1) is 6.33 Å². The molecule has 0 fully saturated rings. The van der Waals surface area contributed by atoms with Gasteiger partial charge in [0, 0.05) is 36.8 Å². The molecule has 1 atom stereocenters. The van der Waals surface area contributed by atoms with E-state index in [2.05, 4.69) is 30.6 Å². The summed E-state index contributed by atoms with van der Waals surface area (Å²) < 4.78 is 0. The zero-order chi connectivity index (χ0) is 22.1. The maximum Gasteiger partial charge on any atom is 0.342 e. The van der Waals surface area contributed by atoms with Gasteiger partial charge in [0.2, 0.25) is 11.8 Å². The monoisotopic (exact) mass is 412 g/mol. The van der Waals surface area contributed by atoms with Crippen molar-refractivity contribution in [2.45, 2.75) is 19.9 Å². The highest BCUT2D eigenvalue weighted by Gasteiger charge is 2.14. The van der Waals surface area contributed by atoms with Gasteiger partial charge in [0.15, 0.2) is 0 Å². The summed E-state index contributed by atoms with van der Waals surface area (Å²) in [5.41, 5.74) is -0.156. The largest absolute Gasteiger partial charge is 0.477 e. The van der Waals surface area contributed by atoms with Crippen LogP contribution >= 0.6 is 0 Å². The van der Waals surface area contributed by atoms with E-state index >= 15 is 0 Å². The number of aromatic carboxylic acids is 1. The van der Waals surface area contributed by atoms with Crippen LogP contribution in [0.5, 0.6) is 0 Å². The molecule has 2 aromatic heterocycles. The predicted octanol–water partition coefficient (Wildman–Crippen LogP) is 1.01. The molecule has 2 heterocycles. The van der Waals surface area contributed by atoms with Gasteiger partial charge in [-0.2, -0.15) is 0 Å². The number of amides is 2. The van der Waals surface area contributed by atoms with Crippen molar-refractivity contribution in [1.82, 2.24) is 25.3 Å². The number of carboxylic acid groups (broad SMARTS) is 1. The number of imidazole rings is 1. The molecule has 11 nitrogen and oxygen atoms in total. The number of rotatable bonds is 5. The van der Waals surface area contributed by atoms with Gasteiger partial charge in [-0.05, 0) is 31.2 Å². The number of carbonyl (C=O) groups is 3. The average molecular weight is 412 g/mol. The number of nitrogens with zero attached hydrogens (tertiary/aromatic N) is 2. The molecule has 0 radical (unpaired) electrons. The maximum atomic E-state index is 11.9. The molecular weight excluding hydrogens is 392 g/mol. The van der Waals surface area contributed by atoms with Gasteiger partial charge < -0.3 is 25.7 Å².